The van der Waals surface area contributed by atoms with E-state index in [0.717, 1.165) is 28.3 Å². The van der Waals surface area contributed by atoms with Crippen LogP contribution in [0.1, 0.15) is 46.6 Å². The molecule has 4 aromatic heterocycles. The van der Waals surface area contributed by atoms with Crippen molar-refractivity contribution in [3.05, 3.63) is 80.4 Å². The van der Waals surface area contributed by atoms with E-state index in [-0.39, 0.29) is 72.8 Å². The van der Waals surface area contributed by atoms with Crippen LogP contribution in [0.5, 0.6) is 5.75 Å². The Balaban J connectivity index is 1.22. The van der Waals surface area contributed by atoms with Crippen molar-refractivity contribution in [2.24, 2.45) is 0 Å². The van der Waals surface area contributed by atoms with Crippen molar-refractivity contribution in [1.82, 2.24) is 38.7 Å². The zero-order chi connectivity index (χ0) is 36.9. The number of aryl methyl sites for hydroxylation is 1. The Labute approximate surface area is 297 Å². The summed E-state index contributed by atoms with van der Waals surface area (Å²) in [5.41, 5.74) is 0.722. The third-order valence-corrected chi connectivity index (χ3v) is 9.42. The lowest BCUT2D eigenvalue weighted by Gasteiger charge is -2.36. The molecule has 2 aliphatic heterocycles. The number of hydrogen-bond acceptors (Lipinski definition) is 10. The number of carbonyl (C=O) groups is 2. The Morgan fingerprint density at radius 1 is 1.10 bits per heavy atom. The van der Waals surface area contributed by atoms with E-state index in [9.17, 15) is 32.7 Å². The van der Waals surface area contributed by atoms with Crippen LogP contribution in [-0.4, -0.2) is 95.0 Å². The Morgan fingerprint density at radius 2 is 1.87 bits per heavy atom. The van der Waals surface area contributed by atoms with Crippen LogP contribution in [0.3, 0.4) is 0 Å². The van der Waals surface area contributed by atoms with Crippen molar-refractivity contribution in [1.29, 1.82) is 0 Å². The summed E-state index contributed by atoms with van der Waals surface area (Å²) in [5.74, 6) is -0.981. The van der Waals surface area contributed by atoms with Crippen molar-refractivity contribution in [2.75, 3.05) is 49.6 Å². The molecule has 0 bridgehead atoms. The maximum absolute atomic E-state index is 14.2. The number of halogens is 4. The molecule has 19 heteroatoms. The Morgan fingerprint density at radius 3 is 2.54 bits per heavy atom. The van der Waals surface area contributed by atoms with Crippen LogP contribution in [-0.2, 0) is 28.7 Å². The van der Waals surface area contributed by atoms with E-state index >= 15 is 0 Å². The van der Waals surface area contributed by atoms with Gasteiger partial charge in [-0.3, -0.25) is 14.4 Å². The number of alkyl halides is 3. The maximum Gasteiger partial charge on any atom is 0.416 e. The lowest BCUT2D eigenvalue weighted by atomic mass is 10.1. The van der Waals surface area contributed by atoms with Gasteiger partial charge >= 0.3 is 6.18 Å². The topological polar surface area (TPSA) is 164 Å². The minimum Gasteiger partial charge on any atom is -0.504 e. The second-order valence-corrected chi connectivity index (χ2v) is 12.7. The van der Waals surface area contributed by atoms with Gasteiger partial charge in [-0.25, -0.2) is 9.50 Å². The number of hydrogen-bond donors (Lipinski definition) is 2. The lowest BCUT2D eigenvalue weighted by Crippen LogP contribution is -2.51. The fourth-order valence-electron chi connectivity index (χ4n) is 6.43. The number of aromatic nitrogens is 7. The molecule has 1 saturated heterocycles. The van der Waals surface area contributed by atoms with Gasteiger partial charge in [0.15, 0.2) is 22.9 Å². The zero-order valence-electron chi connectivity index (χ0n) is 27.9. The Hall–Kier alpha value is -5.49. The molecule has 7 rings (SSSR count). The third-order valence-electron chi connectivity index (χ3n) is 9.10. The summed E-state index contributed by atoms with van der Waals surface area (Å²) >= 11 is 6.12. The van der Waals surface area contributed by atoms with E-state index in [1.807, 2.05) is 17.9 Å². The number of rotatable bonds is 7. The second kappa shape index (κ2) is 13.6. The highest BCUT2D eigenvalue weighted by molar-refractivity contribution is 6.33. The molecule has 2 aliphatic rings. The summed E-state index contributed by atoms with van der Waals surface area (Å²) in [6, 6.07) is 4.26. The quantitative estimate of drug-likeness (QED) is 0.252. The molecule has 2 amide bonds. The number of piperazine rings is 1. The van der Waals surface area contributed by atoms with Gasteiger partial charge in [0.05, 0.1) is 47.1 Å². The molecule has 272 valence electrons. The van der Waals surface area contributed by atoms with Crippen molar-refractivity contribution >= 4 is 51.8 Å². The predicted octanol–water partition coefficient (Wildman–Crippen LogP) is 3.59. The molecular formula is C33H32ClF3N10O5. The van der Waals surface area contributed by atoms with Crippen molar-refractivity contribution < 1.29 is 32.6 Å². The average molecular weight is 741 g/mol. The van der Waals surface area contributed by atoms with Gasteiger partial charge in [0.1, 0.15) is 12.2 Å². The molecule has 0 radical (unpaired) electrons. The maximum atomic E-state index is 14.2. The first-order valence-corrected chi connectivity index (χ1v) is 16.8. The number of nitrogens with zero attached hydrogens (tertiary/aromatic N) is 9. The van der Waals surface area contributed by atoms with Crippen LogP contribution in [0.25, 0.3) is 17.0 Å². The van der Waals surface area contributed by atoms with Gasteiger partial charge in [0.25, 0.3) is 11.5 Å². The van der Waals surface area contributed by atoms with E-state index in [1.165, 1.54) is 10.7 Å². The summed E-state index contributed by atoms with van der Waals surface area (Å²) in [7, 11) is 0. The SMILES string of the molecule is CCc1c(N2CCN(C(=O)c3nc4ccnn4c(C)c3O)CC2)c(=O)n2nc(C3=CCOCC3)nc2n1CC(=O)Nc1ccc(C(F)(F)F)cc1Cl. The normalized spacial score (nSPS) is 15.4. The summed E-state index contributed by atoms with van der Waals surface area (Å²) in [4.78, 5) is 53.6. The number of ether oxygens (including phenoxy) is 1. The van der Waals surface area contributed by atoms with Gasteiger partial charge in [-0.05, 0) is 43.5 Å². The van der Waals surface area contributed by atoms with Crippen molar-refractivity contribution in [2.45, 2.75) is 39.4 Å². The molecular weight excluding hydrogens is 709 g/mol. The molecule has 1 fully saturated rings. The average Bonchev–Trinajstić information content (AvgIpc) is 3.80. The highest BCUT2D eigenvalue weighted by atomic mass is 35.5. The third kappa shape index (κ3) is 6.32. The van der Waals surface area contributed by atoms with Crippen LogP contribution in [0.15, 0.2) is 41.3 Å². The predicted molar refractivity (Wildman–Crippen MR) is 183 cm³/mol. The van der Waals surface area contributed by atoms with Crippen LogP contribution >= 0.6 is 11.6 Å². The largest absolute Gasteiger partial charge is 0.504 e. The summed E-state index contributed by atoms with van der Waals surface area (Å²) in [5, 5.41) is 21.7. The number of nitrogens with one attached hydrogen (secondary N) is 1. The monoisotopic (exact) mass is 740 g/mol. The first kappa shape index (κ1) is 34.9. The molecule has 6 heterocycles. The molecule has 0 unspecified atom stereocenters. The number of amides is 2. The standard InChI is InChI=1S/C33H32ClF3N10O5/c1-3-23-27(43-10-12-44(13-11-43)30(50)26-28(49)18(2)46-24(40-26)6-9-38-46)31(51)47-32(41-29(42-47)19-7-14-52-15-8-19)45(23)17-25(48)39-22-5-4-20(16-21(22)34)33(35,36)37/h4-7,9,16,49H,3,8,10-15,17H2,1-2H3,(H,39,48). The molecule has 2 N–H and O–H groups in total. The highest BCUT2D eigenvalue weighted by Gasteiger charge is 2.33. The molecule has 0 saturated carbocycles. The van der Waals surface area contributed by atoms with Gasteiger partial charge < -0.3 is 29.5 Å². The molecule has 0 atom stereocenters. The van der Waals surface area contributed by atoms with Crippen molar-refractivity contribution in [3.63, 3.8) is 0 Å². The van der Waals surface area contributed by atoms with Gasteiger partial charge in [0, 0.05) is 32.2 Å². The van der Waals surface area contributed by atoms with E-state index in [0.29, 0.717) is 42.5 Å². The van der Waals surface area contributed by atoms with Crippen LogP contribution in [0.4, 0.5) is 24.5 Å². The van der Waals surface area contributed by atoms with Crippen LogP contribution < -0.4 is 15.8 Å². The van der Waals surface area contributed by atoms with Gasteiger partial charge in [-0.2, -0.15) is 27.8 Å². The van der Waals surface area contributed by atoms with E-state index in [2.05, 4.69) is 25.5 Å². The zero-order valence-corrected chi connectivity index (χ0v) is 28.7. The lowest BCUT2D eigenvalue weighted by molar-refractivity contribution is -0.137. The molecule has 0 spiro atoms. The minimum absolute atomic E-state index is 0.0200. The molecule has 1 aromatic carbocycles. The number of aromatic hydroxyl groups is 1. The summed E-state index contributed by atoms with van der Waals surface area (Å²) < 4.78 is 49.2. The first-order chi connectivity index (χ1) is 24.8. The fourth-order valence-corrected chi connectivity index (χ4v) is 6.66. The first-order valence-electron chi connectivity index (χ1n) is 16.4. The fraction of sp³-hybridized carbons (Fsp3) is 0.364. The Kier molecular flexibility index (Phi) is 9.12. The van der Waals surface area contributed by atoms with Gasteiger partial charge in [-0.15, -0.1) is 5.10 Å². The van der Waals surface area contributed by atoms with E-state index in [1.54, 1.807) is 22.5 Å². The summed E-state index contributed by atoms with van der Waals surface area (Å²) in [6.45, 7) is 4.69. The molecule has 52 heavy (non-hydrogen) atoms. The highest BCUT2D eigenvalue weighted by Crippen LogP contribution is 2.34. The second-order valence-electron chi connectivity index (χ2n) is 12.3. The molecule has 5 aromatic rings. The number of carbonyl (C=O) groups excluding carboxylic acids is 2. The van der Waals surface area contributed by atoms with Gasteiger partial charge in [0.2, 0.25) is 11.7 Å². The van der Waals surface area contributed by atoms with E-state index < -0.39 is 29.1 Å². The summed E-state index contributed by atoms with van der Waals surface area (Å²) in [6.07, 6.45) is -0.474. The Bertz CT molecular complexity index is 2330. The number of fused-ring (bicyclic) bond motifs is 2. The number of benzene rings is 1. The smallest absolute Gasteiger partial charge is 0.416 e. The van der Waals surface area contributed by atoms with E-state index in [4.69, 9.17) is 16.3 Å². The van der Waals surface area contributed by atoms with Crippen molar-refractivity contribution in [3.8, 4) is 5.75 Å². The molecule has 15 nitrogen and oxygen atoms in total. The van der Waals surface area contributed by atoms with Crippen LogP contribution in [0, 0.1) is 6.92 Å². The minimum atomic E-state index is -4.61. The van der Waals surface area contributed by atoms with Gasteiger partial charge in [-0.1, -0.05) is 24.6 Å². The molecule has 0 aliphatic carbocycles. The number of anilines is 2. The van der Waals surface area contributed by atoms with Crippen LogP contribution in [0.2, 0.25) is 5.02 Å².